The summed E-state index contributed by atoms with van der Waals surface area (Å²) >= 11 is 0. The van der Waals surface area contributed by atoms with E-state index < -0.39 is 90.0 Å². The second-order valence-corrected chi connectivity index (χ2v) is 18.1. The molecular weight excluding hydrogens is 947 g/mol. The van der Waals surface area contributed by atoms with E-state index in [2.05, 4.69) is 0 Å². The molecule has 6 aromatic rings. The molecule has 0 radical (unpaired) electrons. The van der Waals surface area contributed by atoms with Crippen LogP contribution in [0.3, 0.4) is 0 Å². The summed E-state index contributed by atoms with van der Waals surface area (Å²) < 4.78 is 115. The van der Waals surface area contributed by atoms with Gasteiger partial charge in [-0.1, -0.05) is 147 Å². The second-order valence-electron chi connectivity index (χ2n) is 18.1. The summed E-state index contributed by atoms with van der Waals surface area (Å²) in [6, 6.07) is 40.8. The smallest absolute Gasteiger partial charge is 0.328 e. The minimum atomic E-state index is -4.24. The normalized spacial score (nSPS) is 26.6. The van der Waals surface area contributed by atoms with Crippen LogP contribution in [0.25, 0.3) is 0 Å². The third kappa shape index (κ3) is 11.5. The lowest BCUT2D eigenvalue weighted by Gasteiger charge is -2.52. The fraction of sp³-hybridized carbons (Fsp3) is 0.357. The van der Waals surface area contributed by atoms with E-state index in [0.29, 0.717) is 17.5 Å². The molecule has 10 atom stereocenters. The molecular formula is C56H58F6O10. The molecule has 0 amide bonds. The van der Waals surface area contributed by atoms with Gasteiger partial charge in [0.2, 0.25) is 0 Å². The van der Waals surface area contributed by atoms with Gasteiger partial charge in [-0.25, -0.2) is 8.78 Å². The van der Waals surface area contributed by atoms with E-state index in [1.165, 1.54) is 66.7 Å². The molecule has 0 bridgehead atoms. The fourth-order valence-electron chi connectivity index (χ4n) is 9.20. The second kappa shape index (κ2) is 23.1. The summed E-state index contributed by atoms with van der Waals surface area (Å²) in [5.41, 5.74) is 2.08. The van der Waals surface area contributed by atoms with Crippen LogP contribution < -0.4 is 0 Å². The van der Waals surface area contributed by atoms with Crippen molar-refractivity contribution >= 4 is 0 Å². The molecule has 2 heterocycles. The predicted molar refractivity (Wildman–Crippen MR) is 253 cm³/mol. The number of aliphatic hydroxyl groups excluding tert-OH is 4. The van der Waals surface area contributed by atoms with E-state index in [1.807, 2.05) is 74.5 Å². The van der Waals surface area contributed by atoms with Gasteiger partial charge in [-0.05, 0) is 76.9 Å². The van der Waals surface area contributed by atoms with Crippen LogP contribution in [0, 0.1) is 17.6 Å². The van der Waals surface area contributed by atoms with Crippen LogP contribution in [-0.2, 0) is 56.8 Å². The van der Waals surface area contributed by atoms with E-state index in [4.69, 9.17) is 18.9 Å². The summed E-state index contributed by atoms with van der Waals surface area (Å²) in [5.74, 6) is -16.1. The van der Waals surface area contributed by atoms with E-state index in [-0.39, 0.29) is 48.7 Å². The standard InChI is InChI=1S/C36H37F3O4.C20H21F3O6/c1-3-32-25(2)33(41-23-27-12-6-4-7-13-27)34(42-24-28-14-8-5-9-15-28)36(40,43-32)35(38,39)31-17-11-10-16-29(31)22-26-18-20-30(37)21-19-26;21-13-7-5-11(6-8-13)9-12-3-1-2-4-14(12)19(22,23)20(28)18(27)17(26)16(25)15(10-24)29-20/h4-21,25,32-34,40H,3,22-24H2,1-2H3;1-8,15-18,24-28H,9-10H2/t25-,32-,33+,34-,36-;15-,16-,17+,18-,20-/m11/s1. The third-order valence-corrected chi connectivity index (χ3v) is 13.3. The van der Waals surface area contributed by atoms with Crippen molar-refractivity contribution in [3.05, 3.63) is 214 Å². The van der Waals surface area contributed by atoms with Crippen LogP contribution in [0.1, 0.15) is 64.8 Å². The number of benzene rings is 6. The Morgan fingerprint density at radius 1 is 0.528 bits per heavy atom. The molecule has 2 aliphatic heterocycles. The van der Waals surface area contributed by atoms with Crippen molar-refractivity contribution in [3.8, 4) is 0 Å². The van der Waals surface area contributed by atoms with Crippen molar-refractivity contribution in [2.45, 2.75) is 112 Å². The van der Waals surface area contributed by atoms with Gasteiger partial charge in [0.1, 0.15) is 42.2 Å². The molecule has 8 rings (SSSR count). The van der Waals surface area contributed by atoms with E-state index in [0.717, 1.165) is 17.2 Å². The Labute approximate surface area is 413 Å². The van der Waals surface area contributed by atoms with E-state index >= 15 is 17.6 Å². The Bertz CT molecular complexity index is 2650. The van der Waals surface area contributed by atoms with Crippen molar-refractivity contribution in [1.82, 2.24) is 0 Å². The van der Waals surface area contributed by atoms with E-state index in [1.54, 1.807) is 24.3 Å². The maximum Gasteiger partial charge on any atom is 0.328 e. The van der Waals surface area contributed by atoms with Crippen molar-refractivity contribution in [1.29, 1.82) is 0 Å². The van der Waals surface area contributed by atoms with E-state index in [9.17, 15) is 39.4 Å². The van der Waals surface area contributed by atoms with Gasteiger partial charge >= 0.3 is 11.8 Å². The van der Waals surface area contributed by atoms with Crippen molar-refractivity contribution in [2.24, 2.45) is 5.92 Å². The minimum Gasteiger partial charge on any atom is -0.394 e. The zero-order chi connectivity index (χ0) is 51.8. The van der Waals surface area contributed by atoms with Crippen LogP contribution in [0.2, 0.25) is 0 Å². The molecule has 2 fully saturated rings. The molecule has 0 unspecified atom stereocenters. The highest BCUT2D eigenvalue weighted by Crippen LogP contribution is 2.51. The summed E-state index contributed by atoms with van der Waals surface area (Å²) in [7, 11) is 0. The Kier molecular flexibility index (Phi) is 17.5. The zero-order valence-corrected chi connectivity index (χ0v) is 39.5. The van der Waals surface area contributed by atoms with Crippen LogP contribution in [0.15, 0.2) is 158 Å². The minimum absolute atomic E-state index is 0.0286. The van der Waals surface area contributed by atoms with Gasteiger partial charge in [0.25, 0.3) is 11.6 Å². The molecule has 72 heavy (non-hydrogen) atoms. The number of hydrogen-bond acceptors (Lipinski definition) is 10. The van der Waals surface area contributed by atoms with Gasteiger partial charge in [0.15, 0.2) is 0 Å². The third-order valence-electron chi connectivity index (χ3n) is 13.3. The lowest BCUT2D eigenvalue weighted by Crippen LogP contribution is -2.70. The number of hydrogen-bond donors (Lipinski definition) is 6. The van der Waals surface area contributed by atoms with Crippen molar-refractivity contribution in [2.75, 3.05) is 6.61 Å². The average Bonchev–Trinajstić information content (AvgIpc) is 3.38. The van der Waals surface area contributed by atoms with Crippen LogP contribution in [0.4, 0.5) is 26.3 Å². The maximum atomic E-state index is 17.0. The van der Waals surface area contributed by atoms with Gasteiger partial charge in [0, 0.05) is 17.0 Å². The first kappa shape index (κ1) is 54.3. The summed E-state index contributed by atoms with van der Waals surface area (Å²) in [5, 5.41) is 61.8. The Morgan fingerprint density at radius 3 is 1.40 bits per heavy atom. The molecule has 2 aliphatic rings. The highest BCUT2D eigenvalue weighted by Gasteiger charge is 2.68. The zero-order valence-electron chi connectivity index (χ0n) is 39.5. The molecule has 0 aromatic heterocycles. The molecule has 16 heteroatoms. The quantitative estimate of drug-likeness (QED) is 0.0520. The van der Waals surface area contributed by atoms with Crippen LogP contribution >= 0.6 is 0 Å². The molecule has 2 saturated heterocycles. The number of alkyl halides is 4. The van der Waals surface area contributed by atoms with Gasteiger partial charge in [-0.15, -0.1) is 0 Å². The maximum absolute atomic E-state index is 17.0. The number of aliphatic hydroxyl groups is 6. The number of halogens is 6. The highest BCUT2D eigenvalue weighted by molar-refractivity contribution is 5.39. The molecule has 10 nitrogen and oxygen atoms in total. The lowest BCUT2D eigenvalue weighted by atomic mass is 9.80. The lowest BCUT2D eigenvalue weighted by molar-refractivity contribution is -0.419. The largest absolute Gasteiger partial charge is 0.394 e. The SMILES string of the molecule is CC[C@H]1O[C@@](O)(C(F)(F)c2ccccc2Cc2ccc(F)cc2)[C@H](OCc2ccccc2)[C@@H](OCc2ccccc2)[C@@H]1C.OC[C@H]1O[C@@](O)(C(F)(F)c2ccccc2Cc2ccc(F)cc2)[C@H](O)[C@@H](O)[C@@H]1O. The van der Waals surface area contributed by atoms with Crippen molar-refractivity contribution < 1.29 is 75.9 Å². The Morgan fingerprint density at radius 2 is 0.944 bits per heavy atom. The predicted octanol–water partition coefficient (Wildman–Crippen LogP) is 8.48. The van der Waals surface area contributed by atoms with Crippen LogP contribution in [0.5, 0.6) is 0 Å². The molecule has 0 saturated carbocycles. The van der Waals surface area contributed by atoms with Gasteiger partial charge in [-0.2, -0.15) is 17.6 Å². The first-order valence-electron chi connectivity index (χ1n) is 23.5. The number of ether oxygens (including phenoxy) is 4. The molecule has 384 valence electrons. The molecule has 0 spiro atoms. The fourth-order valence-corrected chi connectivity index (χ4v) is 9.20. The summed E-state index contributed by atoms with van der Waals surface area (Å²) in [6.45, 7) is 2.87. The molecule has 6 aromatic carbocycles. The Balaban J connectivity index is 0.000000228. The van der Waals surface area contributed by atoms with Crippen molar-refractivity contribution in [3.63, 3.8) is 0 Å². The summed E-state index contributed by atoms with van der Waals surface area (Å²) in [6.07, 6.45) is -11.1. The molecule has 6 N–H and O–H groups in total. The Hall–Kier alpha value is -5.50. The summed E-state index contributed by atoms with van der Waals surface area (Å²) in [4.78, 5) is 0. The van der Waals surface area contributed by atoms with Gasteiger partial charge < -0.3 is 49.6 Å². The van der Waals surface area contributed by atoms with Gasteiger partial charge in [0.05, 0.1) is 32.0 Å². The first-order valence-corrected chi connectivity index (χ1v) is 23.5. The highest BCUT2D eigenvalue weighted by atomic mass is 19.3. The monoisotopic (exact) mass is 1000 g/mol. The topological polar surface area (TPSA) is 158 Å². The first-order chi connectivity index (χ1) is 34.3. The molecule has 0 aliphatic carbocycles. The number of rotatable bonds is 16. The average molecular weight is 1010 g/mol. The van der Waals surface area contributed by atoms with Gasteiger partial charge in [-0.3, -0.25) is 0 Å². The van der Waals surface area contributed by atoms with Crippen LogP contribution in [-0.4, -0.2) is 91.5 Å².